The first-order valence-corrected chi connectivity index (χ1v) is 27.5. The Kier molecular flexibility index (Phi) is 39.4. The molecule has 0 spiro atoms. The molecule has 0 aliphatic heterocycles. The van der Waals surface area contributed by atoms with Crippen LogP contribution in [0.2, 0.25) is 0 Å². The number of phosphoric ester groups is 1. The number of aliphatic hydroxyl groups is 5. The van der Waals surface area contributed by atoms with Crippen LogP contribution in [-0.4, -0.2) is 98.9 Å². The third-order valence-corrected chi connectivity index (χ3v) is 13.4. The second kappa shape index (κ2) is 41.3. The number of unbranched alkanes of at least 4 members (excludes halogenated alkanes) is 31. The molecule has 0 aromatic heterocycles. The third kappa shape index (κ3) is 33.2. The van der Waals surface area contributed by atoms with Crippen molar-refractivity contribution in [2.75, 3.05) is 19.8 Å². The van der Waals surface area contributed by atoms with Crippen LogP contribution in [-0.2, 0) is 27.9 Å². The summed E-state index contributed by atoms with van der Waals surface area (Å²) in [6, 6.07) is 0. The number of allylic oxidation sites excluding steroid dienone is 2. The molecule has 1 fully saturated rings. The molecule has 0 aromatic rings. The molecule has 1 aliphatic rings. The second-order valence-corrected chi connectivity index (χ2v) is 19.8. The molecule has 0 aromatic carbocycles. The lowest BCUT2D eigenvalue weighted by Gasteiger charge is -2.41. The Labute approximate surface area is 384 Å². The first-order valence-electron chi connectivity index (χ1n) is 26.0. The molecule has 12 nitrogen and oxygen atoms in total. The average Bonchev–Trinajstić information content (AvgIpc) is 3.27. The Morgan fingerprint density at radius 3 is 1.25 bits per heavy atom. The van der Waals surface area contributed by atoms with Gasteiger partial charge in [0.15, 0.2) is 0 Å². The molecule has 0 heterocycles. The minimum Gasteiger partial charge on any atom is -0.457 e. The van der Waals surface area contributed by atoms with E-state index in [-0.39, 0.29) is 13.0 Å². The zero-order valence-electron chi connectivity index (χ0n) is 40.1. The molecule has 6 N–H and O–H groups in total. The molecule has 1 rings (SSSR count). The SMILES string of the molecule is CCCCCCCC/C=C\CCCCCCCCOCC(COP(=O)(O)OC1C(O)C(O)C(O)C(O)C1O)OC(=O)CCCCCCCCCCCCCCCCCCCCCC. The summed E-state index contributed by atoms with van der Waals surface area (Å²) in [4.78, 5) is 23.2. The van der Waals surface area contributed by atoms with Gasteiger partial charge in [0.05, 0.1) is 13.2 Å². The van der Waals surface area contributed by atoms with E-state index in [4.69, 9.17) is 18.5 Å². The van der Waals surface area contributed by atoms with E-state index in [0.29, 0.717) is 13.0 Å². The molecule has 0 radical (unpaired) electrons. The molecule has 6 atom stereocenters. The van der Waals surface area contributed by atoms with Crippen molar-refractivity contribution in [1.82, 2.24) is 0 Å². The van der Waals surface area contributed by atoms with Crippen LogP contribution in [0.25, 0.3) is 0 Å². The molecular weight excluding hydrogens is 824 g/mol. The highest BCUT2D eigenvalue weighted by Gasteiger charge is 2.51. The van der Waals surface area contributed by atoms with Crippen molar-refractivity contribution in [2.45, 2.75) is 281 Å². The van der Waals surface area contributed by atoms with Gasteiger partial charge in [0, 0.05) is 13.0 Å². The van der Waals surface area contributed by atoms with Gasteiger partial charge in [-0.2, -0.15) is 0 Å². The molecule has 1 aliphatic carbocycles. The fraction of sp³-hybridized carbons (Fsp3) is 0.940. The largest absolute Gasteiger partial charge is 0.472 e. The topological polar surface area (TPSA) is 192 Å². The Hall–Kier alpha value is -0.920. The van der Waals surface area contributed by atoms with Gasteiger partial charge in [-0.3, -0.25) is 13.8 Å². The highest BCUT2D eigenvalue weighted by molar-refractivity contribution is 7.47. The highest BCUT2D eigenvalue weighted by Crippen LogP contribution is 2.47. The van der Waals surface area contributed by atoms with Crippen LogP contribution in [0.1, 0.15) is 239 Å². The smallest absolute Gasteiger partial charge is 0.457 e. The Morgan fingerprint density at radius 1 is 0.492 bits per heavy atom. The molecule has 63 heavy (non-hydrogen) atoms. The second-order valence-electron chi connectivity index (χ2n) is 18.4. The number of hydrogen-bond donors (Lipinski definition) is 6. The quantitative estimate of drug-likeness (QED) is 0.0147. The van der Waals surface area contributed by atoms with E-state index in [0.717, 1.165) is 51.4 Å². The molecule has 0 amide bonds. The number of aliphatic hydroxyl groups excluding tert-OH is 5. The average molecular weight is 921 g/mol. The monoisotopic (exact) mass is 921 g/mol. The number of rotatable bonds is 45. The molecular formula is C50H97O12P. The van der Waals surface area contributed by atoms with Gasteiger partial charge in [0.2, 0.25) is 0 Å². The molecule has 13 heteroatoms. The van der Waals surface area contributed by atoms with Gasteiger partial charge in [-0.1, -0.05) is 206 Å². The zero-order chi connectivity index (χ0) is 46.2. The third-order valence-electron chi connectivity index (χ3n) is 12.4. The van der Waals surface area contributed by atoms with Crippen LogP contribution in [0.5, 0.6) is 0 Å². The maximum absolute atomic E-state index is 12.8. The number of carbonyl (C=O) groups excluding carboxylic acids is 1. The number of hydrogen-bond acceptors (Lipinski definition) is 11. The van der Waals surface area contributed by atoms with Crippen molar-refractivity contribution in [2.24, 2.45) is 0 Å². The van der Waals surface area contributed by atoms with Crippen molar-refractivity contribution in [1.29, 1.82) is 0 Å². The summed E-state index contributed by atoms with van der Waals surface area (Å²) < 4.78 is 34.3. The Bertz CT molecular complexity index is 1100. The van der Waals surface area contributed by atoms with Gasteiger partial charge in [-0.05, 0) is 38.5 Å². The van der Waals surface area contributed by atoms with E-state index >= 15 is 0 Å². The molecule has 1 saturated carbocycles. The molecule has 374 valence electrons. The molecule has 0 bridgehead atoms. The number of phosphoric acid groups is 1. The Balaban J connectivity index is 2.32. The zero-order valence-corrected chi connectivity index (χ0v) is 41.0. The van der Waals surface area contributed by atoms with Gasteiger partial charge in [-0.25, -0.2) is 4.57 Å². The molecule has 6 unspecified atom stereocenters. The van der Waals surface area contributed by atoms with E-state index in [1.54, 1.807) is 0 Å². The number of esters is 1. The lowest BCUT2D eigenvalue weighted by atomic mass is 9.85. The highest BCUT2D eigenvalue weighted by atomic mass is 31.2. The van der Waals surface area contributed by atoms with E-state index < -0.39 is 63.1 Å². The van der Waals surface area contributed by atoms with Crippen molar-refractivity contribution >= 4 is 13.8 Å². The maximum atomic E-state index is 12.8. The van der Waals surface area contributed by atoms with Crippen molar-refractivity contribution in [3.8, 4) is 0 Å². The van der Waals surface area contributed by atoms with Gasteiger partial charge >= 0.3 is 13.8 Å². The summed E-state index contributed by atoms with van der Waals surface area (Å²) in [7, 11) is -5.02. The van der Waals surface area contributed by atoms with Crippen LogP contribution in [0.4, 0.5) is 0 Å². The van der Waals surface area contributed by atoms with Crippen LogP contribution in [0, 0.1) is 0 Å². The van der Waals surface area contributed by atoms with Gasteiger partial charge in [-0.15, -0.1) is 0 Å². The normalized spacial score (nSPS) is 21.8. The minimum absolute atomic E-state index is 0.0750. The first kappa shape index (κ1) is 60.1. The standard InChI is InChI=1S/C50H97O12P/c1-3-5-7-9-11-13-15-17-19-21-22-23-24-25-27-29-31-33-35-37-39-44(51)61-43(42-60-63(57,58)62-50-48(55)46(53)45(52)47(54)49(50)56)41-59-40-38-36-34-32-30-28-26-20-18-16-14-12-10-8-6-4-2/h18,20,43,45-50,52-56H,3-17,19,21-42H2,1-2H3,(H,57,58)/b20-18-. The summed E-state index contributed by atoms with van der Waals surface area (Å²) in [5.41, 5.74) is 0. The fourth-order valence-electron chi connectivity index (χ4n) is 8.23. The summed E-state index contributed by atoms with van der Waals surface area (Å²) in [5.74, 6) is -0.473. The number of ether oxygens (including phenoxy) is 2. The molecule has 0 saturated heterocycles. The predicted octanol–water partition coefficient (Wildman–Crippen LogP) is 11.5. The van der Waals surface area contributed by atoms with Crippen LogP contribution in [0.3, 0.4) is 0 Å². The summed E-state index contributed by atoms with van der Waals surface area (Å²) >= 11 is 0. The van der Waals surface area contributed by atoms with E-state index in [9.17, 15) is 39.8 Å². The lowest BCUT2D eigenvalue weighted by molar-refractivity contribution is -0.220. The summed E-state index contributed by atoms with van der Waals surface area (Å²) in [6.45, 7) is 4.29. The van der Waals surface area contributed by atoms with Crippen molar-refractivity contribution in [3.63, 3.8) is 0 Å². The predicted molar refractivity (Wildman–Crippen MR) is 253 cm³/mol. The van der Waals surface area contributed by atoms with Crippen LogP contribution in [0.15, 0.2) is 12.2 Å². The maximum Gasteiger partial charge on any atom is 0.472 e. The van der Waals surface area contributed by atoms with Gasteiger partial charge < -0.3 is 39.9 Å². The first-order chi connectivity index (χ1) is 30.5. The lowest BCUT2D eigenvalue weighted by Crippen LogP contribution is -2.64. The summed E-state index contributed by atoms with van der Waals surface area (Å²) in [6.07, 6.45) is 34.2. The van der Waals surface area contributed by atoms with E-state index in [1.807, 2.05) is 0 Å². The van der Waals surface area contributed by atoms with Crippen LogP contribution < -0.4 is 0 Å². The minimum atomic E-state index is -5.02. The van der Waals surface area contributed by atoms with E-state index in [1.165, 1.54) is 161 Å². The van der Waals surface area contributed by atoms with E-state index in [2.05, 4.69) is 26.0 Å². The fourth-order valence-corrected chi connectivity index (χ4v) is 9.21. The van der Waals surface area contributed by atoms with Gasteiger partial charge in [0.1, 0.15) is 42.7 Å². The summed E-state index contributed by atoms with van der Waals surface area (Å²) in [5, 5.41) is 50.3. The van der Waals surface area contributed by atoms with Crippen LogP contribution >= 0.6 is 7.82 Å². The van der Waals surface area contributed by atoms with Crippen molar-refractivity contribution < 1.29 is 58.3 Å². The number of carbonyl (C=O) groups is 1. The Morgan fingerprint density at radius 2 is 0.841 bits per heavy atom. The van der Waals surface area contributed by atoms with Gasteiger partial charge in [0.25, 0.3) is 0 Å². The van der Waals surface area contributed by atoms with Crippen molar-refractivity contribution in [3.05, 3.63) is 12.2 Å².